The summed E-state index contributed by atoms with van der Waals surface area (Å²) in [6.45, 7) is 3.79. The Bertz CT molecular complexity index is 327. The first-order chi connectivity index (χ1) is 7.40. The van der Waals surface area contributed by atoms with Gasteiger partial charge in [-0.05, 0) is 39.0 Å². The van der Waals surface area contributed by atoms with Gasteiger partial charge >= 0.3 is 12.0 Å². The Morgan fingerprint density at radius 3 is 2.50 bits per heavy atom. The molecule has 2 fully saturated rings. The number of aliphatic carboxylic acids is 1. The first kappa shape index (κ1) is 11.2. The van der Waals surface area contributed by atoms with E-state index in [4.69, 9.17) is 5.11 Å². The Morgan fingerprint density at radius 2 is 2.06 bits per heavy atom. The number of hydrogen-bond acceptors (Lipinski definition) is 2. The molecule has 5 heteroatoms. The van der Waals surface area contributed by atoms with Crippen LogP contribution in [0, 0.1) is 5.92 Å². The van der Waals surface area contributed by atoms with E-state index in [-0.39, 0.29) is 6.03 Å². The van der Waals surface area contributed by atoms with Crippen LogP contribution in [0.25, 0.3) is 0 Å². The number of piperidine rings is 1. The minimum Gasteiger partial charge on any atom is -0.480 e. The summed E-state index contributed by atoms with van der Waals surface area (Å²) in [6, 6.07) is 0.0918. The van der Waals surface area contributed by atoms with E-state index < -0.39 is 11.5 Å². The van der Waals surface area contributed by atoms with Crippen molar-refractivity contribution in [3.8, 4) is 0 Å². The minimum atomic E-state index is -1.20. The number of carbonyl (C=O) groups excluding carboxylic acids is 1. The topological polar surface area (TPSA) is 69.6 Å². The zero-order valence-corrected chi connectivity index (χ0v) is 9.69. The van der Waals surface area contributed by atoms with E-state index in [2.05, 4.69) is 5.32 Å². The molecule has 1 aliphatic heterocycles. The smallest absolute Gasteiger partial charge is 0.328 e. The molecular formula is C11H18N2O3. The number of likely N-dealkylation sites (tertiary alicyclic amines) is 1. The van der Waals surface area contributed by atoms with Crippen LogP contribution >= 0.6 is 0 Å². The van der Waals surface area contributed by atoms with Gasteiger partial charge in [-0.1, -0.05) is 0 Å². The average Bonchev–Trinajstić information content (AvgIpc) is 2.77. The van der Waals surface area contributed by atoms with E-state index in [0.29, 0.717) is 12.0 Å². The second-order valence-electron chi connectivity index (χ2n) is 5.35. The normalized spacial score (nSPS) is 28.2. The van der Waals surface area contributed by atoms with E-state index in [1.54, 1.807) is 4.90 Å². The largest absolute Gasteiger partial charge is 0.480 e. The number of carbonyl (C=O) groups is 2. The molecule has 0 aromatic rings. The van der Waals surface area contributed by atoms with Gasteiger partial charge in [0.25, 0.3) is 0 Å². The lowest BCUT2D eigenvalue weighted by Crippen LogP contribution is -2.55. The molecular weight excluding hydrogens is 208 g/mol. The third-order valence-corrected chi connectivity index (χ3v) is 3.62. The van der Waals surface area contributed by atoms with Crippen molar-refractivity contribution in [3.05, 3.63) is 0 Å². The summed E-state index contributed by atoms with van der Waals surface area (Å²) in [5.74, 6) is -0.381. The van der Waals surface area contributed by atoms with E-state index >= 15 is 0 Å². The molecule has 2 N–H and O–H groups in total. The average molecular weight is 226 g/mol. The summed E-state index contributed by atoms with van der Waals surface area (Å²) < 4.78 is 0. The lowest BCUT2D eigenvalue weighted by molar-refractivity contribution is -0.143. The molecule has 2 aliphatic rings. The van der Waals surface area contributed by atoms with Gasteiger partial charge in [-0.2, -0.15) is 0 Å². The highest BCUT2D eigenvalue weighted by Gasteiger charge is 2.42. The van der Waals surface area contributed by atoms with E-state index in [0.717, 1.165) is 19.4 Å². The van der Waals surface area contributed by atoms with Crippen LogP contribution in [0.1, 0.15) is 33.1 Å². The van der Waals surface area contributed by atoms with Gasteiger partial charge in [0.2, 0.25) is 0 Å². The zero-order chi connectivity index (χ0) is 11.9. The maximum Gasteiger partial charge on any atom is 0.328 e. The number of amides is 2. The molecule has 2 amide bonds. The molecule has 1 saturated heterocycles. The molecule has 2 rings (SSSR count). The van der Waals surface area contributed by atoms with Gasteiger partial charge in [-0.15, -0.1) is 0 Å². The van der Waals surface area contributed by atoms with Crippen molar-refractivity contribution >= 4 is 12.0 Å². The van der Waals surface area contributed by atoms with Crippen molar-refractivity contribution in [1.82, 2.24) is 10.2 Å². The fraction of sp³-hybridized carbons (Fsp3) is 0.818. The van der Waals surface area contributed by atoms with E-state index in [9.17, 15) is 9.59 Å². The number of nitrogens with zero attached hydrogens (tertiary/aromatic N) is 1. The van der Waals surface area contributed by atoms with Gasteiger partial charge in [-0.3, -0.25) is 0 Å². The summed E-state index contributed by atoms with van der Waals surface area (Å²) in [4.78, 5) is 24.6. The van der Waals surface area contributed by atoms with Crippen molar-refractivity contribution < 1.29 is 14.7 Å². The Morgan fingerprint density at radius 1 is 1.38 bits per heavy atom. The maximum absolute atomic E-state index is 11.9. The predicted octanol–water partition coefficient (Wildman–Crippen LogP) is 1.04. The van der Waals surface area contributed by atoms with Crippen LogP contribution in [0.2, 0.25) is 0 Å². The first-order valence-electron chi connectivity index (χ1n) is 5.72. The van der Waals surface area contributed by atoms with Crippen molar-refractivity contribution in [2.45, 2.75) is 44.7 Å². The maximum atomic E-state index is 11.9. The summed E-state index contributed by atoms with van der Waals surface area (Å²) >= 11 is 0. The number of carboxylic acid groups (broad SMARTS) is 1. The minimum absolute atomic E-state index is 0.236. The highest BCUT2D eigenvalue weighted by molar-refractivity contribution is 5.85. The summed E-state index contributed by atoms with van der Waals surface area (Å²) in [7, 11) is 0. The molecule has 5 nitrogen and oxygen atoms in total. The Hall–Kier alpha value is -1.26. The molecule has 2 bridgehead atoms. The highest BCUT2D eigenvalue weighted by atomic mass is 16.4. The number of hydrogen-bond donors (Lipinski definition) is 2. The van der Waals surface area contributed by atoms with Crippen LogP contribution in [0.15, 0.2) is 0 Å². The van der Waals surface area contributed by atoms with Crippen LogP contribution in [0.4, 0.5) is 4.79 Å². The molecule has 1 aliphatic carbocycles. The van der Waals surface area contributed by atoms with Crippen LogP contribution in [0.5, 0.6) is 0 Å². The SMILES string of the molecule is CC(C)(NC(=O)N1CC2CCC1C2)C(=O)O. The molecule has 0 spiro atoms. The zero-order valence-electron chi connectivity index (χ0n) is 9.69. The van der Waals surface area contributed by atoms with Gasteiger partial charge in [-0.25, -0.2) is 9.59 Å². The van der Waals surface area contributed by atoms with Gasteiger partial charge in [0.1, 0.15) is 5.54 Å². The highest BCUT2D eigenvalue weighted by Crippen LogP contribution is 2.37. The molecule has 1 saturated carbocycles. The van der Waals surface area contributed by atoms with E-state index in [1.807, 2.05) is 0 Å². The fourth-order valence-electron chi connectivity index (χ4n) is 2.57. The monoisotopic (exact) mass is 226 g/mol. The van der Waals surface area contributed by atoms with Gasteiger partial charge in [0.05, 0.1) is 0 Å². The van der Waals surface area contributed by atoms with Crippen molar-refractivity contribution in [1.29, 1.82) is 0 Å². The van der Waals surface area contributed by atoms with Gasteiger partial charge < -0.3 is 15.3 Å². The summed E-state index contributed by atoms with van der Waals surface area (Å²) in [5, 5.41) is 11.5. The third kappa shape index (κ3) is 1.86. The number of fused-ring (bicyclic) bond motifs is 2. The van der Waals surface area contributed by atoms with Crippen LogP contribution < -0.4 is 5.32 Å². The molecule has 0 aromatic carbocycles. The lowest BCUT2D eigenvalue weighted by Gasteiger charge is -2.31. The Balaban J connectivity index is 1.96. The summed E-state index contributed by atoms with van der Waals surface area (Å²) in [6.07, 6.45) is 3.35. The van der Waals surface area contributed by atoms with E-state index in [1.165, 1.54) is 20.3 Å². The number of nitrogens with one attached hydrogen (secondary N) is 1. The van der Waals surface area contributed by atoms with Crippen LogP contribution in [0.3, 0.4) is 0 Å². The lowest BCUT2D eigenvalue weighted by atomic mass is 10.1. The fourth-order valence-corrected chi connectivity index (χ4v) is 2.57. The molecule has 2 atom stereocenters. The van der Waals surface area contributed by atoms with Crippen LogP contribution in [-0.4, -0.2) is 40.1 Å². The van der Waals surface area contributed by atoms with Crippen molar-refractivity contribution in [2.75, 3.05) is 6.54 Å². The Labute approximate surface area is 94.8 Å². The van der Waals surface area contributed by atoms with Gasteiger partial charge in [0, 0.05) is 12.6 Å². The van der Waals surface area contributed by atoms with Gasteiger partial charge in [0.15, 0.2) is 0 Å². The molecule has 0 aromatic heterocycles. The molecule has 2 unspecified atom stereocenters. The van der Waals surface area contributed by atoms with Crippen LogP contribution in [-0.2, 0) is 4.79 Å². The van der Waals surface area contributed by atoms with Crippen molar-refractivity contribution in [2.24, 2.45) is 5.92 Å². The molecule has 90 valence electrons. The number of carboxylic acids is 1. The third-order valence-electron chi connectivity index (χ3n) is 3.62. The molecule has 1 heterocycles. The molecule has 16 heavy (non-hydrogen) atoms. The first-order valence-corrected chi connectivity index (χ1v) is 5.72. The molecule has 0 radical (unpaired) electrons. The second-order valence-corrected chi connectivity index (χ2v) is 5.35. The standard InChI is InChI=1S/C11H18N2O3/c1-11(2,9(14)15)12-10(16)13-6-7-3-4-8(13)5-7/h7-8H,3-6H2,1-2H3,(H,12,16)(H,14,15). The Kier molecular flexibility index (Phi) is 2.56. The number of rotatable bonds is 2. The number of urea groups is 1. The quantitative estimate of drug-likeness (QED) is 0.739. The summed E-state index contributed by atoms with van der Waals surface area (Å²) in [5.41, 5.74) is -1.20. The predicted molar refractivity (Wildman–Crippen MR) is 58.1 cm³/mol. The van der Waals surface area contributed by atoms with Crippen molar-refractivity contribution in [3.63, 3.8) is 0 Å². The second kappa shape index (κ2) is 3.64.